The van der Waals surface area contributed by atoms with Crippen molar-refractivity contribution >= 4 is 0 Å². The van der Waals surface area contributed by atoms with Gasteiger partial charge in [0.15, 0.2) is 0 Å². The van der Waals surface area contributed by atoms with Crippen LogP contribution in [0.25, 0.3) is 0 Å². The molecule has 5 nitrogen and oxygen atoms in total. The highest BCUT2D eigenvalue weighted by atomic mass is 15.3. The Morgan fingerprint density at radius 1 is 1.42 bits per heavy atom. The number of hydrogen-bond donors (Lipinski definition) is 1. The van der Waals surface area contributed by atoms with Gasteiger partial charge in [0.2, 0.25) is 0 Å². The van der Waals surface area contributed by atoms with Crippen LogP contribution in [0.3, 0.4) is 0 Å². The molecule has 0 spiro atoms. The van der Waals surface area contributed by atoms with Crippen LogP contribution < -0.4 is 5.32 Å². The number of aryl methyl sites for hydroxylation is 1. The number of nitrogens with zero attached hydrogens (tertiary/aromatic N) is 4. The summed E-state index contributed by atoms with van der Waals surface area (Å²) in [4.78, 5) is 9.45. The maximum Gasteiger partial charge on any atom is 0.127 e. The van der Waals surface area contributed by atoms with Gasteiger partial charge < -0.3 is 14.8 Å². The molecule has 1 fully saturated rings. The first-order valence-corrected chi connectivity index (χ1v) is 7.24. The SMILES string of the molecule is CCCn1ccnc1C(NC)C1CN(C)CCN1C. The Labute approximate surface area is 116 Å². The lowest BCUT2D eigenvalue weighted by atomic mass is 10.0. The second-order valence-electron chi connectivity index (χ2n) is 5.56. The molecule has 1 N–H and O–H groups in total. The number of piperazine rings is 1. The Hall–Kier alpha value is -0.910. The van der Waals surface area contributed by atoms with Crippen molar-refractivity contribution < 1.29 is 0 Å². The van der Waals surface area contributed by atoms with E-state index in [-0.39, 0.29) is 6.04 Å². The van der Waals surface area contributed by atoms with E-state index >= 15 is 0 Å². The van der Waals surface area contributed by atoms with Crippen molar-refractivity contribution in [3.63, 3.8) is 0 Å². The molecule has 1 aliphatic heterocycles. The first-order valence-electron chi connectivity index (χ1n) is 7.24. The third-order valence-electron chi connectivity index (χ3n) is 4.09. The lowest BCUT2D eigenvalue weighted by molar-refractivity contribution is 0.0865. The lowest BCUT2D eigenvalue weighted by Crippen LogP contribution is -2.55. The van der Waals surface area contributed by atoms with Gasteiger partial charge in [-0.1, -0.05) is 6.92 Å². The van der Waals surface area contributed by atoms with E-state index in [1.165, 1.54) is 0 Å². The number of likely N-dealkylation sites (N-methyl/N-ethyl adjacent to an activating group) is 3. The van der Waals surface area contributed by atoms with Crippen LogP contribution in [0.5, 0.6) is 0 Å². The zero-order valence-electron chi connectivity index (χ0n) is 12.6. The van der Waals surface area contributed by atoms with E-state index in [0.29, 0.717) is 6.04 Å². The monoisotopic (exact) mass is 265 g/mol. The molecule has 1 aromatic rings. The van der Waals surface area contributed by atoms with Crippen LogP contribution in [0.4, 0.5) is 0 Å². The largest absolute Gasteiger partial charge is 0.334 e. The molecule has 0 radical (unpaired) electrons. The second-order valence-corrected chi connectivity index (χ2v) is 5.56. The number of imidazole rings is 1. The molecule has 0 bridgehead atoms. The molecule has 1 aromatic heterocycles. The summed E-state index contributed by atoms with van der Waals surface area (Å²) in [6.07, 6.45) is 5.15. The average Bonchev–Trinajstić information content (AvgIpc) is 2.83. The van der Waals surface area contributed by atoms with Gasteiger partial charge >= 0.3 is 0 Å². The van der Waals surface area contributed by atoms with Crippen molar-refractivity contribution in [3.8, 4) is 0 Å². The fourth-order valence-electron chi connectivity index (χ4n) is 2.93. The minimum Gasteiger partial charge on any atom is -0.334 e. The number of hydrogen-bond acceptors (Lipinski definition) is 4. The Bertz CT molecular complexity index is 389. The molecule has 0 amide bonds. The maximum absolute atomic E-state index is 4.60. The van der Waals surface area contributed by atoms with E-state index in [0.717, 1.165) is 38.4 Å². The van der Waals surface area contributed by atoms with Crippen LogP contribution in [-0.4, -0.2) is 66.2 Å². The maximum atomic E-state index is 4.60. The van der Waals surface area contributed by atoms with Gasteiger partial charge in [-0.2, -0.15) is 0 Å². The number of rotatable bonds is 5. The lowest BCUT2D eigenvalue weighted by Gasteiger charge is -2.41. The van der Waals surface area contributed by atoms with E-state index in [1.807, 2.05) is 13.2 Å². The normalized spacial score (nSPS) is 23.7. The van der Waals surface area contributed by atoms with Crippen LogP contribution in [-0.2, 0) is 6.54 Å². The predicted octanol–water partition coefficient (Wildman–Crippen LogP) is 0.799. The van der Waals surface area contributed by atoms with Crippen molar-refractivity contribution in [2.45, 2.75) is 32.0 Å². The van der Waals surface area contributed by atoms with Crippen molar-refractivity contribution in [2.24, 2.45) is 0 Å². The summed E-state index contributed by atoms with van der Waals surface area (Å²) in [6, 6.07) is 0.760. The van der Waals surface area contributed by atoms with Gasteiger partial charge in [0.25, 0.3) is 0 Å². The molecule has 5 heteroatoms. The van der Waals surface area contributed by atoms with Crippen LogP contribution in [0.15, 0.2) is 12.4 Å². The molecule has 2 atom stereocenters. The molecule has 2 unspecified atom stereocenters. The van der Waals surface area contributed by atoms with E-state index in [9.17, 15) is 0 Å². The molecular weight excluding hydrogens is 238 g/mol. The van der Waals surface area contributed by atoms with E-state index in [2.05, 4.69) is 51.9 Å². The van der Waals surface area contributed by atoms with Gasteiger partial charge in [0.1, 0.15) is 5.82 Å². The molecule has 1 aliphatic rings. The molecular formula is C14H27N5. The fourth-order valence-corrected chi connectivity index (χ4v) is 2.93. The van der Waals surface area contributed by atoms with Crippen molar-refractivity contribution in [2.75, 3.05) is 40.8 Å². The summed E-state index contributed by atoms with van der Waals surface area (Å²) in [7, 11) is 6.46. The number of aromatic nitrogens is 2. The second kappa shape index (κ2) is 6.50. The van der Waals surface area contributed by atoms with Crippen LogP contribution >= 0.6 is 0 Å². The van der Waals surface area contributed by atoms with E-state index < -0.39 is 0 Å². The van der Waals surface area contributed by atoms with Crippen LogP contribution in [0.1, 0.15) is 25.2 Å². The average molecular weight is 265 g/mol. The Morgan fingerprint density at radius 3 is 2.89 bits per heavy atom. The molecule has 0 saturated carbocycles. The van der Waals surface area contributed by atoms with Crippen LogP contribution in [0.2, 0.25) is 0 Å². The molecule has 1 saturated heterocycles. The number of nitrogens with one attached hydrogen (secondary N) is 1. The summed E-state index contributed by atoms with van der Waals surface area (Å²) in [5, 5.41) is 3.47. The van der Waals surface area contributed by atoms with Gasteiger partial charge in [0.05, 0.1) is 6.04 Å². The summed E-state index contributed by atoms with van der Waals surface area (Å²) >= 11 is 0. The first-order chi connectivity index (χ1) is 9.17. The first kappa shape index (κ1) is 14.5. The standard InChI is InChI=1S/C14H27N5/c1-5-7-19-8-6-16-14(19)13(15-2)12-11-17(3)9-10-18(12)4/h6,8,12-13,15H,5,7,9-11H2,1-4H3. The quantitative estimate of drug-likeness (QED) is 0.854. The summed E-state index contributed by atoms with van der Waals surface area (Å²) in [5.41, 5.74) is 0. The van der Waals surface area contributed by atoms with Gasteiger partial charge in [0, 0.05) is 44.6 Å². The van der Waals surface area contributed by atoms with Crippen LogP contribution in [0, 0.1) is 0 Å². The summed E-state index contributed by atoms with van der Waals surface area (Å²) < 4.78 is 2.28. The molecule has 2 rings (SSSR count). The predicted molar refractivity (Wildman–Crippen MR) is 78.2 cm³/mol. The molecule has 0 aliphatic carbocycles. The molecule has 108 valence electrons. The van der Waals surface area contributed by atoms with E-state index in [1.54, 1.807) is 0 Å². The topological polar surface area (TPSA) is 36.3 Å². The Morgan fingerprint density at radius 2 is 2.21 bits per heavy atom. The van der Waals surface area contributed by atoms with Gasteiger partial charge in [-0.3, -0.25) is 4.90 Å². The minimum atomic E-state index is 0.286. The van der Waals surface area contributed by atoms with E-state index in [4.69, 9.17) is 0 Å². The third kappa shape index (κ3) is 3.16. The summed E-state index contributed by atoms with van der Waals surface area (Å²) in [5.74, 6) is 1.16. The highest BCUT2D eigenvalue weighted by Crippen LogP contribution is 2.22. The van der Waals surface area contributed by atoms with Crippen molar-refractivity contribution in [1.29, 1.82) is 0 Å². The van der Waals surface area contributed by atoms with Crippen molar-refractivity contribution in [1.82, 2.24) is 24.7 Å². The Kier molecular flexibility index (Phi) is 4.96. The molecule has 0 aromatic carbocycles. The minimum absolute atomic E-state index is 0.286. The van der Waals surface area contributed by atoms with Crippen molar-refractivity contribution in [3.05, 3.63) is 18.2 Å². The van der Waals surface area contributed by atoms with Gasteiger partial charge in [-0.05, 0) is 27.6 Å². The fraction of sp³-hybridized carbons (Fsp3) is 0.786. The highest BCUT2D eigenvalue weighted by molar-refractivity contribution is 5.05. The van der Waals surface area contributed by atoms with Gasteiger partial charge in [-0.25, -0.2) is 4.98 Å². The Balaban J connectivity index is 2.20. The molecule has 19 heavy (non-hydrogen) atoms. The summed E-state index contributed by atoms with van der Waals surface area (Å²) in [6.45, 7) is 6.60. The third-order valence-corrected chi connectivity index (χ3v) is 4.09. The molecule has 2 heterocycles. The highest BCUT2D eigenvalue weighted by Gasteiger charge is 2.32. The smallest absolute Gasteiger partial charge is 0.127 e. The van der Waals surface area contributed by atoms with Gasteiger partial charge in [-0.15, -0.1) is 0 Å². The zero-order chi connectivity index (χ0) is 13.8. The zero-order valence-corrected chi connectivity index (χ0v) is 12.6.